The van der Waals surface area contributed by atoms with Crippen LogP contribution >= 0.6 is 15.9 Å². The zero-order valence-corrected chi connectivity index (χ0v) is 11.9. The molecule has 1 rings (SSSR count). The number of nitrogens with one attached hydrogen (secondary N) is 1. The molecule has 18 heavy (non-hydrogen) atoms. The maximum atomic E-state index is 11.9. The molecule has 1 heterocycles. The minimum atomic E-state index is -0.172. The van der Waals surface area contributed by atoms with Crippen LogP contribution in [0.5, 0.6) is 0 Å². The molecule has 5 nitrogen and oxygen atoms in total. The van der Waals surface area contributed by atoms with Crippen molar-refractivity contribution in [3.05, 3.63) is 21.0 Å². The first kappa shape index (κ1) is 14.7. The molecule has 0 spiro atoms. The number of nitrogens with zero attached hydrogens (tertiary/aromatic N) is 2. The van der Waals surface area contributed by atoms with E-state index in [0.717, 1.165) is 6.42 Å². The Kier molecular flexibility index (Phi) is 6.47. The van der Waals surface area contributed by atoms with Crippen LogP contribution in [-0.2, 0) is 11.3 Å². The van der Waals surface area contributed by atoms with Crippen LogP contribution in [0.3, 0.4) is 0 Å². The van der Waals surface area contributed by atoms with Gasteiger partial charge in [0.1, 0.15) is 4.47 Å². The van der Waals surface area contributed by atoms with Gasteiger partial charge in [0.05, 0.1) is 25.0 Å². The van der Waals surface area contributed by atoms with E-state index in [1.54, 1.807) is 13.3 Å². The first-order valence-electron chi connectivity index (χ1n) is 5.62. The highest BCUT2D eigenvalue weighted by atomic mass is 79.9. The molecule has 0 atom stereocenters. The Hall–Kier alpha value is -1.32. The second-order valence-electron chi connectivity index (χ2n) is 3.63. The van der Waals surface area contributed by atoms with E-state index in [4.69, 9.17) is 11.2 Å². The fourth-order valence-corrected chi connectivity index (χ4v) is 1.79. The van der Waals surface area contributed by atoms with Crippen molar-refractivity contribution in [1.29, 1.82) is 0 Å². The number of rotatable bonds is 7. The molecule has 0 saturated heterocycles. The van der Waals surface area contributed by atoms with E-state index in [1.807, 2.05) is 0 Å². The van der Waals surface area contributed by atoms with Crippen molar-refractivity contribution in [3.8, 4) is 12.3 Å². The fourth-order valence-electron chi connectivity index (χ4n) is 1.34. The van der Waals surface area contributed by atoms with Crippen LogP contribution in [0.25, 0.3) is 0 Å². The number of hydrogen-bond donors (Lipinski definition) is 1. The van der Waals surface area contributed by atoms with Crippen LogP contribution in [0.4, 0.5) is 5.69 Å². The number of methoxy groups -OCH3 is 1. The Morgan fingerprint density at radius 2 is 2.44 bits per heavy atom. The smallest absolute Gasteiger partial charge is 0.283 e. The quantitative estimate of drug-likeness (QED) is 0.612. The van der Waals surface area contributed by atoms with Gasteiger partial charge in [-0.15, -0.1) is 12.3 Å². The molecule has 98 valence electrons. The monoisotopic (exact) mass is 313 g/mol. The van der Waals surface area contributed by atoms with Crippen LogP contribution < -0.4 is 10.9 Å². The van der Waals surface area contributed by atoms with Crippen LogP contribution in [0.2, 0.25) is 0 Å². The standard InChI is InChI=1S/C12H16BrN3O2/c1-3-4-5-6-14-10-9-15-16(7-8-18-2)12(17)11(10)13/h1,9,14H,4-8H2,2H3. The molecule has 1 N–H and O–H groups in total. The summed E-state index contributed by atoms with van der Waals surface area (Å²) in [7, 11) is 1.58. The van der Waals surface area contributed by atoms with Crippen LogP contribution in [0.1, 0.15) is 12.8 Å². The molecule has 6 heteroatoms. The molecule has 0 fully saturated rings. The lowest BCUT2D eigenvalue weighted by atomic mass is 10.3. The summed E-state index contributed by atoms with van der Waals surface area (Å²) in [6, 6.07) is 0. The summed E-state index contributed by atoms with van der Waals surface area (Å²) < 4.78 is 6.76. The molecule has 0 bridgehead atoms. The van der Waals surface area contributed by atoms with Gasteiger partial charge >= 0.3 is 0 Å². The van der Waals surface area contributed by atoms with Gasteiger partial charge in [-0.05, 0) is 22.4 Å². The number of ether oxygens (including phenoxy) is 1. The highest BCUT2D eigenvalue weighted by Crippen LogP contribution is 2.15. The summed E-state index contributed by atoms with van der Waals surface area (Å²) in [5, 5.41) is 7.19. The second kappa shape index (κ2) is 7.90. The third-order valence-corrected chi connectivity index (χ3v) is 3.07. The molecular formula is C12H16BrN3O2. The van der Waals surface area contributed by atoms with E-state index in [2.05, 4.69) is 32.3 Å². The number of hydrogen-bond acceptors (Lipinski definition) is 4. The first-order chi connectivity index (χ1) is 8.70. The number of anilines is 1. The van der Waals surface area contributed by atoms with Gasteiger partial charge in [0, 0.05) is 20.1 Å². The van der Waals surface area contributed by atoms with Gasteiger partial charge in [0.2, 0.25) is 0 Å². The zero-order chi connectivity index (χ0) is 13.4. The Morgan fingerprint density at radius 1 is 1.67 bits per heavy atom. The molecule has 0 amide bonds. The highest BCUT2D eigenvalue weighted by molar-refractivity contribution is 9.10. The van der Waals surface area contributed by atoms with Crippen molar-refractivity contribution in [2.75, 3.05) is 25.6 Å². The van der Waals surface area contributed by atoms with Crippen molar-refractivity contribution in [2.24, 2.45) is 0 Å². The van der Waals surface area contributed by atoms with E-state index in [9.17, 15) is 4.79 Å². The summed E-state index contributed by atoms with van der Waals surface area (Å²) in [6.45, 7) is 1.60. The molecule has 0 saturated carbocycles. The Balaban J connectivity index is 2.69. The number of unbranched alkanes of at least 4 members (excludes halogenated alkanes) is 1. The Morgan fingerprint density at radius 3 is 3.11 bits per heavy atom. The van der Waals surface area contributed by atoms with Crippen LogP contribution in [0.15, 0.2) is 15.5 Å². The summed E-state index contributed by atoms with van der Waals surface area (Å²) in [4.78, 5) is 11.9. The molecular weight excluding hydrogens is 298 g/mol. The molecule has 0 aromatic carbocycles. The predicted molar refractivity (Wildman–Crippen MR) is 74.6 cm³/mol. The van der Waals surface area contributed by atoms with E-state index >= 15 is 0 Å². The van der Waals surface area contributed by atoms with Gasteiger partial charge in [-0.1, -0.05) is 0 Å². The summed E-state index contributed by atoms with van der Waals surface area (Å²) in [6.07, 6.45) is 8.35. The predicted octanol–water partition coefficient (Wildman–Crippen LogP) is 1.48. The van der Waals surface area contributed by atoms with Crippen LogP contribution in [0, 0.1) is 12.3 Å². The largest absolute Gasteiger partial charge is 0.383 e. The van der Waals surface area contributed by atoms with Crippen molar-refractivity contribution < 1.29 is 4.74 Å². The molecule has 0 aliphatic carbocycles. The van der Waals surface area contributed by atoms with E-state index in [0.29, 0.717) is 36.3 Å². The first-order valence-corrected chi connectivity index (χ1v) is 6.42. The fraction of sp³-hybridized carbons (Fsp3) is 0.500. The summed E-state index contributed by atoms with van der Waals surface area (Å²) in [5.41, 5.74) is 0.514. The molecule has 1 aromatic heterocycles. The van der Waals surface area contributed by atoms with Gasteiger partial charge < -0.3 is 10.1 Å². The number of halogens is 1. The zero-order valence-electron chi connectivity index (χ0n) is 10.3. The minimum absolute atomic E-state index is 0.172. The lowest BCUT2D eigenvalue weighted by Gasteiger charge is -2.09. The average Bonchev–Trinajstić information content (AvgIpc) is 2.38. The lowest BCUT2D eigenvalue weighted by molar-refractivity contribution is 0.181. The van der Waals surface area contributed by atoms with Gasteiger partial charge in [0.15, 0.2) is 0 Å². The molecule has 1 aromatic rings. The Bertz CT molecular complexity index is 479. The van der Waals surface area contributed by atoms with Crippen molar-refractivity contribution in [2.45, 2.75) is 19.4 Å². The van der Waals surface area contributed by atoms with Crippen molar-refractivity contribution >= 4 is 21.6 Å². The third kappa shape index (κ3) is 4.17. The van der Waals surface area contributed by atoms with E-state index in [1.165, 1.54) is 4.68 Å². The highest BCUT2D eigenvalue weighted by Gasteiger charge is 2.07. The van der Waals surface area contributed by atoms with E-state index < -0.39 is 0 Å². The van der Waals surface area contributed by atoms with E-state index in [-0.39, 0.29) is 5.56 Å². The van der Waals surface area contributed by atoms with Crippen molar-refractivity contribution in [1.82, 2.24) is 9.78 Å². The molecule has 0 aliphatic heterocycles. The molecule has 0 radical (unpaired) electrons. The second-order valence-corrected chi connectivity index (χ2v) is 4.42. The summed E-state index contributed by atoms with van der Waals surface area (Å²) >= 11 is 3.28. The maximum absolute atomic E-state index is 11.9. The maximum Gasteiger partial charge on any atom is 0.283 e. The van der Waals surface area contributed by atoms with Gasteiger partial charge in [0.25, 0.3) is 5.56 Å². The van der Waals surface area contributed by atoms with Gasteiger partial charge in [-0.25, -0.2) is 4.68 Å². The summed E-state index contributed by atoms with van der Waals surface area (Å²) in [5.74, 6) is 2.57. The van der Waals surface area contributed by atoms with Gasteiger partial charge in [-0.2, -0.15) is 5.10 Å². The average molecular weight is 314 g/mol. The number of aromatic nitrogens is 2. The molecule has 0 aliphatic rings. The lowest BCUT2D eigenvalue weighted by Crippen LogP contribution is -2.26. The van der Waals surface area contributed by atoms with Gasteiger partial charge in [-0.3, -0.25) is 4.79 Å². The Labute approximate surface area is 115 Å². The number of terminal acetylenes is 1. The van der Waals surface area contributed by atoms with Crippen LogP contribution in [-0.4, -0.2) is 30.0 Å². The van der Waals surface area contributed by atoms with Crippen molar-refractivity contribution in [3.63, 3.8) is 0 Å². The topological polar surface area (TPSA) is 56.1 Å². The normalized spacial score (nSPS) is 10.1. The minimum Gasteiger partial charge on any atom is -0.383 e. The third-order valence-electron chi connectivity index (χ3n) is 2.31. The SMILES string of the molecule is C#CCCCNc1cnn(CCOC)c(=O)c1Br. The molecule has 0 unspecified atom stereocenters.